The zero-order valence-corrected chi connectivity index (χ0v) is 7.21. The van der Waals surface area contributed by atoms with Gasteiger partial charge in [0.2, 0.25) is 0 Å². The lowest BCUT2D eigenvalue weighted by Crippen LogP contribution is -2.02. The van der Waals surface area contributed by atoms with Gasteiger partial charge in [-0.15, -0.1) is 0 Å². The zero-order valence-electron chi connectivity index (χ0n) is 7.21. The molecule has 0 aliphatic carbocycles. The van der Waals surface area contributed by atoms with Crippen LogP contribution in [-0.4, -0.2) is 6.61 Å². The highest BCUT2D eigenvalue weighted by atomic mass is 16.5. The third-order valence-corrected chi connectivity index (χ3v) is 1.60. The summed E-state index contributed by atoms with van der Waals surface area (Å²) >= 11 is 0. The molecule has 0 saturated heterocycles. The fourth-order valence-electron chi connectivity index (χ4n) is 1.06. The summed E-state index contributed by atoms with van der Waals surface area (Å²) in [7, 11) is 0. The second-order valence-corrected chi connectivity index (χ2v) is 2.50. The zero-order chi connectivity index (χ0) is 8.97. The molecule has 0 aromatic heterocycles. The third kappa shape index (κ3) is 1.89. The number of anilines is 1. The summed E-state index contributed by atoms with van der Waals surface area (Å²) in [6.07, 6.45) is 0. The van der Waals surface area contributed by atoms with Crippen molar-refractivity contribution in [1.29, 1.82) is 0 Å². The summed E-state index contributed by atoms with van der Waals surface area (Å²) in [5.41, 5.74) is 12.8. The van der Waals surface area contributed by atoms with Crippen LogP contribution < -0.4 is 16.2 Å². The maximum atomic E-state index is 5.59. The van der Waals surface area contributed by atoms with Gasteiger partial charge in [-0.1, -0.05) is 0 Å². The van der Waals surface area contributed by atoms with E-state index in [9.17, 15) is 0 Å². The van der Waals surface area contributed by atoms with E-state index >= 15 is 0 Å². The smallest absolute Gasteiger partial charge is 0.123 e. The van der Waals surface area contributed by atoms with Gasteiger partial charge in [-0.05, 0) is 25.1 Å². The molecule has 0 bridgehead atoms. The van der Waals surface area contributed by atoms with Crippen LogP contribution >= 0.6 is 0 Å². The fraction of sp³-hybridized carbons (Fsp3) is 0.333. The van der Waals surface area contributed by atoms with Crippen LogP contribution in [0.2, 0.25) is 0 Å². The van der Waals surface area contributed by atoms with Crippen LogP contribution in [0.5, 0.6) is 5.75 Å². The maximum absolute atomic E-state index is 5.59. The van der Waals surface area contributed by atoms with Gasteiger partial charge in [0.1, 0.15) is 5.75 Å². The minimum atomic E-state index is 0.459. The van der Waals surface area contributed by atoms with Crippen molar-refractivity contribution >= 4 is 5.69 Å². The Kier molecular flexibility index (Phi) is 2.94. The molecule has 0 aliphatic rings. The van der Waals surface area contributed by atoms with Crippen LogP contribution in [0.15, 0.2) is 18.2 Å². The summed E-state index contributed by atoms with van der Waals surface area (Å²) < 4.78 is 5.35. The number of hydrogen-bond acceptors (Lipinski definition) is 3. The monoisotopic (exact) mass is 166 g/mol. The number of nitrogen functional groups attached to an aromatic ring is 1. The minimum Gasteiger partial charge on any atom is -0.494 e. The summed E-state index contributed by atoms with van der Waals surface area (Å²) in [6.45, 7) is 3.05. The SMILES string of the molecule is CCOc1ccc(N)cc1CN. The normalized spacial score (nSPS) is 9.83. The summed E-state index contributed by atoms with van der Waals surface area (Å²) in [6, 6.07) is 5.50. The van der Waals surface area contributed by atoms with E-state index in [0.29, 0.717) is 13.2 Å². The second-order valence-electron chi connectivity index (χ2n) is 2.50. The van der Waals surface area contributed by atoms with Crippen molar-refractivity contribution in [2.45, 2.75) is 13.5 Å². The van der Waals surface area contributed by atoms with Crippen molar-refractivity contribution in [2.75, 3.05) is 12.3 Å². The van der Waals surface area contributed by atoms with Gasteiger partial charge in [0, 0.05) is 17.8 Å². The molecule has 0 atom stereocenters. The van der Waals surface area contributed by atoms with Gasteiger partial charge >= 0.3 is 0 Å². The van der Waals surface area contributed by atoms with Crippen LogP contribution in [-0.2, 0) is 6.54 Å². The molecule has 0 aliphatic heterocycles. The van der Waals surface area contributed by atoms with E-state index in [-0.39, 0.29) is 0 Å². The Morgan fingerprint density at radius 1 is 1.42 bits per heavy atom. The fourth-order valence-corrected chi connectivity index (χ4v) is 1.06. The number of benzene rings is 1. The van der Waals surface area contributed by atoms with Crippen LogP contribution in [0.25, 0.3) is 0 Å². The van der Waals surface area contributed by atoms with Crippen molar-refractivity contribution in [2.24, 2.45) is 5.73 Å². The van der Waals surface area contributed by atoms with Crippen molar-refractivity contribution in [1.82, 2.24) is 0 Å². The highest BCUT2D eigenvalue weighted by molar-refractivity contribution is 5.47. The molecule has 1 aromatic rings. The first-order valence-electron chi connectivity index (χ1n) is 3.99. The van der Waals surface area contributed by atoms with Crippen LogP contribution in [0.4, 0.5) is 5.69 Å². The minimum absolute atomic E-state index is 0.459. The maximum Gasteiger partial charge on any atom is 0.123 e. The lowest BCUT2D eigenvalue weighted by molar-refractivity contribution is 0.336. The molecule has 3 nitrogen and oxygen atoms in total. The van der Waals surface area contributed by atoms with E-state index in [0.717, 1.165) is 17.0 Å². The lowest BCUT2D eigenvalue weighted by atomic mass is 10.2. The Hall–Kier alpha value is -1.22. The highest BCUT2D eigenvalue weighted by Crippen LogP contribution is 2.20. The van der Waals surface area contributed by atoms with Gasteiger partial charge in [-0.25, -0.2) is 0 Å². The molecule has 0 heterocycles. The molecule has 0 fully saturated rings. The van der Waals surface area contributed by atoms with Crippen molar-refractivity contribution in [3.8, 4) is 5.75 Å². The predicted molar refractivity (Wildman–Crippen MR) is 49.9 cm³/mol. The van der Waals surface area contributed by atoms with Gasteiger partial charge in [-0.2, -0.15) is 0 Å². The largest absolute Gasteiger partial charge is 0.494 e. The predicted octanol–water partition coefficient (Wildman–Crippen LogP) is 1.13. The van der Waals surface area contributed by atoms with E-state index in [2.05, 4.69) is 0 Å². The van der Waals surface area contributed by atoms with Crippen molar-refractivity contribution in [3.63, 3.8) is 0 Å². The first kappa shape index (κ1) is 8.87. The standard InChI is InChI=1S/C9H14N2O/c1-2-12-9-4-3-8(11)5-7(9)6-10/h3-5H,2,6,10-11H2,1H3. The molecule has 0 saturated carbocycles. The van der Waals surface area contributed by atoms with Crippen LogP contribution in [0, 0.1) is 0 Å². The van der Waals surface area contributed by atoms with E-state index < -0.39 is 0 Å². The molecule has 0 radical (unpaired) electrons. The topological polar surface area (TPSA) is 61.3 Å². The van der Waals surface area contributed by atoms with Gasteiger partial charge in [0.15, 0.2) is 0 Å². The summed E-state index contributed by atoms with van der Waals surface area (Å²) in [5.74, 6) is 0.828. The van der Waals surface area contributed by atoms with Gasteiger partial charge in [-0.3, -0.25) is 0 Å². The number of rotatable bonds is 3. The van der Waals surface area contributed by atoms with Crippen LogP contribution in [0.1, 0.15) is 12.5 Å². The molecular weight excluding hydrogens is 152 g/mol. The third-order valence-electron chi connectivity index (χ3n) is 1.60. The molecule has 1 aromatic carbocycles. The Morgan fingerprint density at radius 3 is 2.75 bits per heavy atom. The molecule has 0 amide bonds. The van der Waals surface area contributed by atoms with Gasteiger partial charge in [0.05, 0.1) is 6.61 Å². The number of hydrogen-bond donors (Lipinski definition) is 2. The van der Waals surface area contributed by atoms with Crippen molar-refractivity contribution < 1.29 is 4.74 Å². The van der Waals surface area contributed by atoms with Gasteiger partial charge < -0.3 is 16.2 Å². The Balaban J connectivity index is 2.94. The molecule has 0 spiro atoms. The lowest BCUT2D eigenvalue weighted by Gasteiger charge is -2.08. The van der Waals surface area contributed by atoms with E-state index in [4.69, 9.17) is 16.2 Å². The van der Waals surface area contributed by atoms with E-state index in [1.54, 1.807) is 0 Å². The first-order chi connectivity index (χ1) is 5.77. The van der Waals surface area contributed by atoms with E-state index in [1.165, 1.54) is 0 Å². The molecule has 1 rings (SSSR count). The molecular formula is C9H14N2O. The highest BCUT2D eigenvalue weighted by Gasteiger charge is 2.00. The first-order valence-corrected chi connectivity index (χ1v) is 3.99. The Morgan fingerprint density at radius 2 is 2.17 bits per heavy atom. The van der Waals surface area contributed by atoms with Gasteiger partial charge in [0.25, 0.3) is 0 Å². The second kappa shape index (κ2) is 3.97. The summed E-state index contributed by atoms with van der Waals surface area (Å²) in [4.78, 5) is 0. The Labute approximate surface area is 72.3 Å². The molecule has 66 valence electrons. The number of ether oxygens (including phenoxy) is 1. The molecule has 4 N–H and O–H groups in total. The average Bonchev–Trinajstić information content (AvgIpc) is 2.08. The summed E-state index contributed by atoms with van der Waals surface area (Å²) in [5, 5.41) is 0. The van der Waals surface area contributed by atoms with Crippen LogP contribution in [0.3, 0.4) is 0 Å². The van der Waals surface area contributed by atoms with Crippen molar-refractivity contribution in [3.05, 3.63) is 23.8 Å². The molecule has 12 heavy (non-hydrogen) atoms. The quantitative estimate of drug-likeness (QED) is 0.661. The molecule has 0 unspecified atom stereocenters. The Bertz CT molecular complexity index is 261. The van der Waals surface area contributed by atoms with E-state index in [1.807, 2.05) is 25.1 Å². The number of nitrogens with two attached hydrogens (primary N) is 2. The molecule has 3 heteroatoms. The average molecular weight is 166 g/mol.